The van der Waals surface area contributed by atoms with Gasteiger partial charge in [-0.25, -0.2) is 14.4 Å². The molecule has 1 aromatic heterocycles. The number of hydrogen-bond acceptors (Lipinski definition) is 2. The van der Waals surface area contributed by atoms with Crippen LogP contribution in [0.25, 0.3) is 10.9 Å². The Kier molecular flexibility index (Phi) is 2.10. The minimum atomic E-state index is -0.690. The van der Waals surface area contributed by atoms with E-state index >= 15 is 0 Å². The molecule has 0 aliphatic carbocycles. The van der Waals surface area contributed by atoms with Crippen LogP contribution in [-0.4, -0.2) is 9.97 Å². The number of benzene rings is 1. The molecule has 0 spiro atoms. The van der Waals surface area contributed by atoms with Gasteiger partial charge in [0.15, 0.2) is 5.82 Å². The lowest BCUT2D eigenvalue weighted by Crippen LogP contribution is -1.93. The fourth-order valence-corrected chi connectivity index (χ4v) is 1.40. The first kappa shape index (κ1) is 8.38. The lowest BCUT2D eigenvalue weighted by atomic mass is 10.2. The number of halogens is 2. The molecule has 0 saturated carbocycles. The first-order valence-electron chi connectivity index (χ1n) is 3.78. The van der Waals surface area contributed by atoms with Gasteiger partial charge in [0.25, 0.3) is 0 Å². The molecule has 0 N–H and O–H groups in total. The van der Waals surface area contributed by atoms with E-state index in [1.54, 1.807) is 12.1 Å². The molecule has 0 amide bonds. The summed E-state index contributed by atoms with van der Waals surface area (Å²) in [4.78, 5) is 7.78. The summed E-state index contributed by atoms with van der Waals surface area (Å²) in [5, 5.41) is 1.06. The first-order valence-corrected chi connectivity index (χ1v) is 4.16. The molecule has 0 bridgehead atoms. The van der Waals surface area contributed by atoms with Gasteiger partial charge in [0, 0.05) is 5.39 Å². The summed E-state index contributed by atoms with van der Waals surface area (Å²) in [6.07, 6.45) is 0. The largest absolute Gasteiger partial charge is 0.242 e. The van der Waals surface area contributed by atoms with Crippen molar-refractivity contribution in [2.75, 3.05) is 0 Å². The maximum Gasteiger partial charge on any atom is 0.161 e. The van der Waals surface area contributed by atoms with Gasteiger partial charge in [-0.3, -0.25) is 0 Å². The third-order valence-electron chi connectivity index (χ3n) is 1.72. The minimum Gasteiger partial charge on any atom is -0.242 e. The first-order chi connectivity index (χ1) is 6.31. The summed E-state index contributed by atoms with van der Waals surface area (Å²) in [6.45, 7) is -0.690. The molecular formula is C9H6ClFN2. The molecule has 4 heteroatoms. The molecule has 2 nitrogen and oxygen atoms in total. The van der Waals surface area contributed by atoms with E-state index in [1.807, 2.05) is 12.1 Å². The summed E-state index contributed by atoms with van der Waals surface area (Å²) in [7, 11) is 0. The molecule has 2 rings (SSSR count). The molecular weight excluding hydrogens is 191 g/mol. The Morgan fingerprint density at radius 2 is 2.00 bits per heavy atom. The number of aromatic nitrogens is 2. The zero-order valence-corrected chi connectivity index (χ0v) is 7.42. The van der Waals surface area contributed by atoms with Crippen LogP contribution in [0.5, 0.6) is 0 Å². The molecule has 0 atom stereocenters. The zero-order valence-electron chi connectivity index (χ0n) is 6.67. The topological polar surface area (TPSA) is 25.8 Å². The molecule has 13 heavy (non-hydrogen) atoms. The third kappa shape index (κ3) is 1.47. The second-order valence-electron chi connectivity index (χ2n) is 2.58. The maximum atomic E-state index is 12.2. The Labute approximate surface area is 79.4 Å². The normalized spacial score (nSPS) is 10.6. The van der Waals surface area contributed by atoms with Gasteiger partial charge in [0.2, 0.25) is 0 Å². The van der Waals surface area contributed by atoms with Gasteiger partial charge in [0.1, 0.15) is 11.8 Å². The third-order valence-corrected chi connectivity index (χ3v) is 2.01. The van der Waals surface area contributed by atoms with E-state index in [1.165, 1.54) is 0 Å². The molecule has 1 aromatic carbocycles. The van der Waals surface area contributed by atoms with Gasteiger partial charge in [-0.05, 0) is 12.1 Å². The van der Waals surface area contributed by atoms with E-state index in [4.69, 9.17) is 11.6 Å². The van der Waals surface area contributed by atoms with Crippen molar-refractivity contribution in [1.82, 2.24) is 9.97 Å². The van der Waals surface area contributed by atoms with Crippen molar-refractivity contribution in [3.05, 3.63) is 35.2 Å². The fourth-order valence-electron chi connectivity index (χ4n) is 1.14. The summed E-state index contributed by atoms with van der Waals surface area (Å²) >= 11 is 5.82. The second kappa shape index (κ2) is 3.26. The van der Waals surface area contributed by atoms with E-state index < -0.39 is 6.67 Å². The van der Waals surface area contributed by atoms with Crippen LogP contribution in [0.2, 0.25) is 5.15 Å². The van der Waals surface area contributed by atoms with Gasteiger partial charge in [-0.15, -0.1) is 0 Å². The standard InChI is InChI=1S/C9H6ClFN2/c10-9-6-3-1-2-4-7(6)12-8(5-11)13-9/h1-4H,5H2. The number of hydrogen-bond donors (Lipinski definition) is 0. The highest BCUT2D eigenvalue weighted by molar-refractivity contribution is 6.34. The summed E-state index contributed by atoms with van der Waals surface area (Å²) < 4.78 is 12.2. The number of rotatable bonds is 1. The highest BCUT2D eigenvalue weighted by Crippen LogP contribution is 2.19. The van der Waals surface area contributed by atoms with Gasteiger partial charge >= 0.3 is 0 Å². The average Bonchev–Trinajstić information content (AvgIpc) is 2.18. The number of nitrogens with zero attached hydrogens (tertiary/aromatic N) is 2. The lowest BCUT2D eigenvalue weighted by molar-refractivity contribution is 0.466. The van der Waals surface area contributed by atoms with Crippen molar-refractivity contribution in [2.45, 2.75) is 6.67 Å². The number of fused-ring (bicyclic) bond motifs is 1. The smallest absolute Gasteiger partial charge is 0.161 e. The lowest BCUT2D eigenvalue weighted by Gasteiger charge is -2.00. The SMILES string of the molecule is FCc1nc(Cl)c2ccccc2n1. The van der Waals surface area contributed by atoms with Gasteiger partial charge < -0.3 is 0 Å². The van der Waals surface area contributed by atoms with Crippen LogP contribution in [-0.2, 0) is 6.67 Å². The van der Waals surface area contributed by atoms with Crippen LogP contribution >= 0.6 is 11.6 Å². The van der Waals surface area contributed by atoms with E-state index in [0.29, 0.717) is 10.7 Å². The second-order valence-corrected chi connectivity index (χ2v) is 2.94. The van der Waals surface area contributed by atoms with Crippen LogP contribution in [0.1, 0.15) is 5.82 Å². The molecule has 0 aliphatic heterocycles. The van der Waals surface area contributed by atoms with Crippen LogP contribution in [0, 0.1) is 0 Å². The highest BCUT2D eigenvalue weighted by Gasteiger charge is 2.03. The van der Waals surface area contributed by atoms with E-state index in [-0.39, 0.29) is 5.82 Å². The average molecular weight is 197 g/mol. The Morgan fingerprint density at radius 1 is 1.23 bits per heavy atom. The molecule has 1 heterocycles. The van der Waals surface area contributed by atoms with Crippen molar-refractivity contribution in [3.8, 4) is 0 Å². The Hall–Kier alpha value is -1.22. The fraction of sp³-hybridized carbons (Fsp3) is 0.111. The van der Waals surface area contributed by atoms with Crippen LogP contribution in [0.15, 0.2) is 24.3 Å². The van der Waals surface area contributed by atoms with Crippen molar-refractivity contribution < 1.29 is 4.39 Å². The van der Waals surface area contributed by atoms with Crippen molar-refractivity contribution in [3.63, 3.8) is 0 Å². The van der Waals surface area contributed by atoms with Gasteiger partial charge in [-0.2, -0.15) is 0 Å². The maximum absolute atomic E-state index is 12.2. The van der Waals surface area contributed by atoms with Crippen LogP contribution in [0.3, 0.4) is 0 Å². The molecule has 0 saturated heterocycles. The van der Waals surface area contributed by atoms with Gasteiger partial charge in [-0.1, -0.05) is 23.7 Å². The highest BCUT2D eigenvalue weighted by atomic mass is 35.5. The van der Waals surface area contributed by atoms with Crippen molar-refractivity contribution in [2.24, 2.45) is 0 Å². The Morgan fingerprint density at radius 3 is 2.77 bits per heavy atom. The predicted molar refractivity (Wildman–Crippen MR) is 49.4 cm³/mol. The zero-order chi connectivity index (χ0) is 9.26. The van der Waals surface area contributed by atoms with Crippen molar-refractivity contribution >= 4 is 22.5 Å². The summed E-state index contributed by atoms with van der Waals surface area (Å²) in [5.74, 6) is 0.128. The molecule has 0 radical (unpaired) electrons. The quantitative estimate of drug-likeness (QED) is 0.656. The molecule has 0 unspecified atom stereocenters. The van der Waals surface area contributed by atoms with E-state index in [0.717, 1.165) is 5.39 Å². The molecule has 66 valence electrons. The monoisotopic (exact) mass is 196 g/mol. The number of alkyl halides is 1. The van der Waals surface area contributed by atoms with Crippen LogP contribution < -0.4 is 0 Å². The summed E-state index contributed by atoms with van der Waals surface area (Å²) in [6, 6.07) is 7.25. The van der Waals surface area contributed by atoms with Crippen molar-refractivity contribution in [1.29, 1.82) is 0 Å². The Balaban J connectivity index is 2.77. The number of para-hydroxylation sites is 1. The molecule has 0 fully saturated rings. The molecule has 0 aliphatic rings. The summed E-state index contributed by atoms with van der Waals surface area (Å²) in [5.41, 5.74) is 0.676. The van der Waals surface area contributed by atoms with E-state index in [9.17, 15) is 4.39 Å². The predicted octanol–water partition coefficient (Wildman–Crippen LogP) is 2.75. The minimum absolute atomic E-state index is 0.128. The molecule has 2 aromatic rings. The van der Waals surface area contributed by atoms with Crippen LogP contribution in [0.4, 0.5) is 4.39 Å². The van der Waals surface area contributed by atoms with E-state index in [2.05, 4.69) is 9.97 Å². The van der Waals surface area contributed by atoms with Gasteiger partial charge in [0.05, 0.1) is 5.52 Å². The Bertz CT molecular complexity index is 445.